The first kappa shape index (κ1) is 15.6. The molecule has 104 valence electrons. The largest absolute Gasteiger partial charge is 0.462 e. The first-order valence-corrected chi connectivity index (χ1v) is 11.8. The number of carbonyl (C=O) groups excluding carboxylic acids is 1. The second kappa shape index (κ2) is 7.23. The van der Waals surface area contributed by atoms with Crippen LogP contribution in [0, 0.1) is 0 Å². The quantitative estimate of drug-likeness (QED) is 0.336. The van der Waals surface area contributed by atoms with Crippen molar-refractivity contribution in [1.29, 1.82) is 0 Å². The molecule has 1 saturated heterocycles. The minimum Gasteiger partial charge on any atom is -0.462 e. The molecule has 1 fully saturated rings. The van der Waals surface area contributed by atoms with E-state index in [1.165, 1.54) is 0 Å². The topological polar surface area (TPSA) is 44.8 Å². The van der Waals surface area contributed by atoms with Gasteiger partial charge in [0.2, 0.25) is 8.32 Å². The molecule has 1 aliphatic rings. The van der Waals surface area contributed by atoms with Crippen molar-refractivity contribution in [1.82, 2.24) is 0 Å². The summed E-state index contributed by atoms with van der Waals surface area (Å²) in [6.45, 7) is 11.0. The Labute approximate surface area is 112 Å². The summed E-state index contributed by atoms with van der Waals surface area (Å²) in [5.74, 6) is -0.303. The van der Waals surface area contributed by atoms with Crippen molar-refractivity contribution in [2.24, 2.45) is 0 Å². The lowest BCUT2D eigenvalue weighted by Gasteiger charge is -2.27. The molecule has 0 aromatic carbocycles. The zero-order chi connectivity index (χ0) is 13.6. The number of esters is 1. The second-order valence-electron chi connectivity index (χ2n) is 5.24. The summed E-state index contributed by atoms with van der Waals surface area (Å²) in [5.41, 5.74) is 0.452. The van der Waals surface area contributed by atoms with E-state index < -0.39 is 17.4 Å². The van der Waals surface area contributed by atoms with Crippen LogP contribution in [0.25, 0.3) is 0 Å². The number of hydrogen-bond acceptors (Lipinski definition) is 4. The Balaban J connectivity index is 2.28. The van der Waals surface area contributed by atoms with Gasteiger partial charge in [0.25, 0.3) is 0 Å². The van der Waals surface area contributed by atoms with Gasteiger partial charge in [-0.2, -0.15) is 0 Å². The van der Waals surface area contributed by atoms with Gasteiger partial charge >= 0.3 is 5.97 Å². The van der Waals surface area contributed by atoms with Crippen LogP contribution in [0.15, 0.2) is 12.2 Å². The number of hydrogen-bond donors (Lipinski definition) is 0. The van der Waals surface area contributed by atoms with Crippen molar-refractivity contribution in [3.8, 4) is 0 Å². The van der Waals surface area contributed by atoms with E-state index in [4.69, 9.17) is 13.6 Å². The van der Waals surface area contributed by atoms with Gasteiger partial charge in [-0.25, -0.2) is 4.79 Å². The van der Waals surface area contributed by atoms with Crippen LogP contribution < -0.4 is 0 Å². The summed E-state index contributed by atoms with van der Waals surface area (Å²) >= 11 is 0. The molecule has 1 rings (SSSR count). The highest BCUT2D eigenvalue weighted by molar-refractivity contribution is 6.79. The lowest BCUT2D eigenvalue weighted by atomic mass is 10.4. The third-order valence-corrected chi connectivity index (χ3v) is 10.2. The van der Waals surface area contributed by atoms with E-state index in [1.807, 2.05) is 0 Å². The van der Waals surface area contributed by atoms with E-state index in [2.05, 4.69) is 19.7 Å². The molecular formula is C12H24O4Si2. The summed E-state index contributed by atoms with van der Waals surface area (Å²) < 4.78 is 17.0. The first-order valence-electron chi connectivity index (χ1n) is 6.51. The van der Waals surface area contributed by atoms with Crippen molar-refractivity contribution < 1.29 is 18.4 Å². The van der Waals surface area contributed by atoms with Crippen molar-refractivity contribution in [2.45, 2.75) is 38.5 Å². The maximum atomic E-state index is 11.2. The number of carbonyl (C=O) groups is 1. The fourth-order valence-electron chi connectivity index (χ4n) is 1.98. The molecule has 6 heteroatoms. The van der Waals surface area contributed by atoms with Gasteiger partial charge in [0.15, 0.2) is 9.04 Å². The van der Waals surface area contributed by atoms with Gasteiger partial charge in [-0.15, -0.1) is 0 Å². The Kier molecular flexibility index (Phi) is 6.27. The lowest BCUT2D eigenvalue weighted by molar-refractivity contribution is -0.138. The minimum absolute atomic E-state index is 0.303. The highest BCUT2D eigenvalue weighted by atomic mass is 28.4. The minimum atomic E-state index is -1.72. The Hall–Kier alpha value is -0.436. The van der Waals surface area contributed by atoms with Gasteiger partial charge in [0, 0.05) is 12.2 Å². The monoisotopic (exact) mass is 288 g/mol. The molecule has 1 heterocycles. The highest BCUT2D eigenvalue weighted by Gasteiger charge is 2.33. The van der Waals surface area contributed by atoms with Crippen LogP contribution in [0.5, 0.6) is 0 Å². The van der Waals surface area contributed by atoms with Crippen LogP contribution >= 0.6 is 0 Å². The third kappa shape index (κ3) is 5.47. The number of rotatable bonds is 5. The van der Waals surface area contributed by atoms with Crippen LogP contribution in [-0.4, -0.2) is 42.8 Å². The molecule has 1 aliphatic heterocycles. The molecule has 2 atom stereocenters. The summed E-state index contributed by atoms with van der Waals surface area (Å²) in [4.78, 5) is 11.2. The molecule has 0 aromatic heterocycles. The summed E-state index contributed by atoms with van der Waals surface area (Å²) in [5, 5.41) is 0. The second-order valence-corrected chi connectivity index (χ2v) is 12.1. The summed E-state index contributed by atoms with van der Waals surface area (Å²) in [6.07, 6.45) is 1.63. The van der Waals surface area contributed by atoms with Crippen LogP contribution in [0.1, 0.15) is 13.3 Å². The van der Waals surface area contributed by atoms with Crippen molar-refractivity contribution in [3.05, 3.63) is 12.2 Å². The average molecular weight is 288 g/mol. The Morgan fingerprint density at radius 2 is 2.28 bits per heavy atom. The summed E-state index contributed by atoms with van der Waals surface area (Å²) in [7, 11) is -2.76. The van der Waals surface area contributed by atoms with E-state index >= 15 is 0 Å². The SMILES string of the molecule is C=C(C)C(=O)OCCC[Si]1(C)COCC[SiH](C)O1. The predicted octanol–water partition coefficient (Wildman–Crippen LogP) is 2.01. The molecule has 0 saturated carbocycles. The van der Waals surface area contributed by atoms with E-state index in [-0.39, 0.29) is 5.97 Å². The van der Waals surface area contributed by atoms with Crippen LogP contribution in [0.4, 0.5) is 0 Å². The molecule has 0 spiro atoms. The van der Waals surface area contributed by atoms with Crippen LogP contribution in [0.2, 0.25) is 25.2 Å². The molecule has 0 radical (unpaired) electrons. The Morgan fingerprint density at radius 1 is 1.56 bits per heavy atom. The zero-order valence-electron chi connectivity index (χ0n) is 11.7. The van der Waals surface area contributed by atoms with Gasteiger partial charge in [-0.1, -0.05) is 6.58 Å². The average Bonchev–Trinajstić information content (AvgIpc) is 2.46. The normalized spacial score (nSPS) is 28.5. The molecule has 0 bridgehead atoms. The molecular weight excluding hydrogens is 264 g/mol. The van der Waals surface area contributed by atoms with Gasteiger partial charge in [-0.3, -0.25) is 0 Å². The van der Waals surface area contributed by atoms with E-state index in [0.29, 0.717) is 12.2 Å². The van der Waals surface area contributed by atoms with E-state index in [0.717, 1.165) is 31.3 Å². The van der Waals surface area contributed by atoms with E-state index in [9.17, 15) is 4.79 Å². The maximum absolute atomic E-state index is 11.2. The fraction of sp³-hybridized carbons (Fsp3) is 0.750. The van der Waals surface area contributed by atoms with Gasteiger partial charge in [-0.05, 0) is 38.5 Å². The van der Waals surface area contributed by atoms with Crippen molar-refractivity contribution in [2.75, 3.05) is 19.4 Å². The van der Waals surface area contributed by atoms with Gasteiger partial charge in [0.1, 0.15) is 0 Å². The standard InChI is InChI=1S/C12H24O4Si2/c1-11(2)12(13)15-6-5-9-18(4)10-14-7-8-17(3)16-18/h17H,1,5-10H2,2-4H3. The van der Waals surface area contributed by atoms with E-state index in [1.54, 1.807) is 6.92 Å². The molecule has 4 nitrogen and oxygen atoms in total. The molecule has 0 aromatic rings. The Bertz CT molecular complexity index is 308. The number of ether oxygens (including phenoxy) is 2. The molecule has 18 heavy (non-hydrogen) atoms. The fourth-order valence-corrected chi connectivity index (χ4v) is 9.19. The predicted molar refractivity (Wildman–Crippen MR) is 76.5 cm³/mol. The summed E-state index contributed by atoms with van der Waals surface area (Å²) in [6, 6.07) is 2.10. The maximum Gasteiger partial charge on any atom is 0.333 e. The highest BCUT2D eigenvalue weighted by Crippen LogP contribution is 2.20. The van der Waals surface area contributed by atoms with Crippen LogP contribution in [-0.2, 0) is 18.4 Å². The molecule has 0 aliphatic carbocycles. The lowest BCUT2D eigenvalue weighted by Crippen LogP contribution is -2.42. The zero-order valence-corrected chi connectivity index (χ0v) is 13.8. The molecule has 0 N–H and O–H groups in total. The smallest absolute Gasteiger partial charge is 0.333 e. The molecule has 2 unspecified atom stereocenters. The van der Waals surface area contributed by atoms with Crippen molar-refractivity contribution in [3.63, 3.8) is 0 Å². The van der Waals surface area contributed by atoms with Gasteiger partial charge < -0.3 is 13.6 Å². The van der Waals surface area contributed by atoms with Gasteiger partial charge in [0.05, 0.1) is 12.8 Å². The molecule has 0 amide bonds. The van der Waals surface area contributed by atoms with Crippen LogP contribution in [0.3, 0.4) is 0 Å². The van der Waals surface area contributed by atoms with Crippen molar-refractivity contribution >= 4 is 23.3 Å². The Morgan fingerprint density at radius 3 is 2.94 bits per heavy atom. The first-order chi connectivity index (χ1) is 8.43. The third-order valence-electron chi connectivity index (χ3n) is 2.99.